The van der Waals surface area contributed by atoms with Gasteiger partial charge in [-0.05, 0) is 38.1 Å². The minimum absolute atomic E-state index is 0.0704. The topological polar surface area (TPSA) is 71.5 Å². The van der Waals surface area contributed by atoms with E-state index < -0.39 is 9.84 Å². The fourth-order valence-corrected chi connectivity index (χ4v) is 3.59. The summed E-state index contributed by atoms with van der Waals surface area (Å²) in [6.45, 7) is 4.33. The van der Waals surface area contributed by atoms with Gasteiger partial charge in [-0.15, -0.1) is 0 Å². The van der Waals surface area contributed by atoms with Crippen molar-refractivity contribution in [3.63, 3.8) is 0 Å². The number of ether oxygens (including phenoxy) is 1. The lowest BCUT2D eigenvalue weighted by Gasteiger charge is -2.45. The molecule has 0 atom stereocenters. The SMILES string of the molecule is CS(=O)(=O)c1ccc(N2CCOC3(CCNCC3)C2)cn1. The normalized spacial score (nSPS) is 22.4. The van der Waals surface area contributed by atoms with Gasteiger partial charge in [-0.3, -0.25) is 0 Å². The van der Waals surface area contributed by atoms with Gasteiger partial charge in [0.2, 0.25) is 0 Å². The van der Waals surface area contributed by atoms with E-state index in [0.717, 1.165) is 44.7 Å². The Morgan fingerprint density at radius 2 is 2.10 bits per heavy atom. The molecule has 3 heterocycles. The van der Waals surface area contributed by atoms with E-state index in [2.05, 4.69) is 15.2 Å². The second-order valence-electron chi connectivity index (χ2n) is 5.83. The summed E-state index contributed by atoms with van der Waals surface area (Å²) in [5, 5.41) is 3.48. The summed E-state index contributed by atoms with van der Waals surface area (Å²) in [5.41, 5.74) is 0.891. The number of nitrogens with zero attached hydrogens (tertiary/aromatic N) is 2. The molecule has 2 saturated heterocycles. The number of hydrogen-bond acceptors (Lipinski definition) is 6. The molecule has 0 amide bonds. The number of hydrogen-bond donors (Lipinski definition) is 1. The second-order valence-corrected chi connectivity index (χ2v) is 7.79. The van der Waals surface area contributed by atoms with Crippen molar-refractivity contribution in [2.45, 2.75) is 23.5 Å². The van der Waals surface area contributed by atoms with Crippen LogP contribution in [-0.4, -0.2) is 58.0 Å². The van der Waals surface area contributed by atoms with Crippen molar-refractivity contribution in [3.05, 3.63) is 18.3 Å². The van der Waals surface area contributed by atoms with Crippen molar-refractivity contribution in [2.75, 3.05) is 43.9 Å². The molecule has 21 heavy (non-hydrogen) atoms. The van der Waals surface area contributed by atoms with E-state index in [1.807, 2.05) is 6.07 Å². The Hall–Kier alpha value is -1.18. The van der Waals surface area contributed by atoms with E-state index in [1.54, 1.807) is 12.3 Å². The third kappa shape index (κ3) is 3.20. The van der Waals surface area contributed by atoms with Gasteiger partial charge >= 0.3 is 0 Å². The summed E-state index contributed by atoms with van der Waals surface area (Å²) in [4.78, 5) is 6.32. The maximum absolute atomic E-state index is 11.5. The van der Waals surface area contributed by atoms with E-state index in [1.165, 1.54) is 6.26 Å². The molecule has 0 unspecified atom stereocenters. The molecule has 3 rings (SSSR count). The van der Waals surface area contributed by atoms with Crippen LogP contribution in [0.5, 0.6) is 0 Å². The van der Waals surface area contributed by atoms with Gasteiger partial charge in [-0.1, -0.05) is 0 Å². The number of morpholine rings is 1. The lowest BCUT2D eigenvalue weighted by atomic mass is 9.90. The second kappa shape index (κ2) is 5.55. The van der Waals surface area contributed by atoms with Crippen molar-refractivity contribution in [2.24, 2.45) is 0 Å². The van der Waals surface area contributed by atoms with Gasteiger partial charge in [0.15, 0.2) is 14.9 Å². The van der Waals surface area contributed by atoms with Crippen LogP contribution < -0.4 is 10.2 Å². The molecule has 0 bridgehead atoms. The van der Waals surface area contributed by atoms with E-state index >= 15 is 0 Å². The number of rotatable bonds is 2. The van der Waals surface area contributed by atoms with Gasteiger partial charge < -0.3 is 15.0 Å². The number of piperidine rings is 1. The monoisotopic (exact) mass is 311 g/mol. The third-order valence-corrected chi connectivity index (χ3v) is 5.23. The molecule has 7 heteroatoms. The molecule has 1 spiro atoms. The molecular weight excluding hydrogens is 290 g/mol. The first-order valence-electron chi connectivity index (χ1n) is 7.24. The van der Waals surface area contributed by atoms with Gasteiger partial charge in [0.25, 0.3) is 0 Å². The van der Waals surface area contributed by atoms with Gasteiger partial charge in [0.1, 0.15) is 0 Å². The predicted molar refractivity (Wildman–Crippen MR) is 80.3 cm³/mol. The highest BCUT2D eigenvalue weighted by Crippen LogP contribution is 2.30. The highest BCUT2D eigenvalue weighted by Gasteiger charge is 2.37. The minimum Gasteiger partial charge on any atom is -0.371 e. The number of nitrogens with one attached hydrogen (secondary N) is 1. The van der Waals surface area contributed by atoms with Crippen molar-refractivity contribution >= 4 is 15.5 Å². The van der Waals surface area contributed by atoms with Crippen LogP contribution in [0.3, 0.4) is 0 Å². The minimum atomic E-state index is -3.24. The lowest BCUT2D eigenvalue weighted by molar-refractivity contribution is -0.0738. The molecule has 2 fully saturated rings. The summed E-state index contributed by atoms with van der Waals surface area (Å²) in [7, 11) is -3.24. The van der Waals surface area contributed by atoms with Crippen LogP contribution >= 0.6 is 0 Å². The quantitative estimate of drug-likeness (QED) is 0.855. The molecular formula is C14H21N3O3S. The van der Waals surface area contributed by atoms with Crippen LogP contribution in [-0.2, 0) is 14.6 Å². The Morgan fingerprint density at radius 1 is 1.33 bits per heavy atom. The third-order valence-electron chi connectivity index (χ3n) is 4.23. The van der Waals surface area contributed by atoms with E-state index in [-0.39, 0.29) is 10.6 Å². The Bertz CT molecular complexity index is 589. The Balaban J connectivity index is 1.77. The van der Waals surface area contributed by atoms with Crippen molar-refractivity contribution < 1.29 is 13.2 Å². The first kappa shape index (κ1) is 14.7. The fraction of sp³-hybridized carbons (Fsp3) is 0.643. The van der Waals surface area contributed by atoms with Gasteiger partial charge in [0.05, 0.1) is 24.1 Å². The number of anilines is 1. The van der Waals surface area contributed by atoms with Crippen molar-refractivity contribution in [1.82, 2.24) is 10.3 Å². The number of sulfone groups is 1. The molecule has 2 aliphatic rings. The lowest BCUT2D eigenvalue weighted by Crippen LogP contribution is -2.56. The molecule has 2 aliphatic heterocycles. The Labute approximate surface area is 125 Å². The molecule has 0 saturated carbocycles. The summed E-state index contributed by atoms with van der Waals surface area (Å²) in [5.74, 6) is 0. The zero-order valence-electron chi connectivity index (χ0n) is 12.2. The molecule has 0 aromatic carbocycles. The summed E-state index contributed by atoms with van der Waals surface area (Å²) in [6, 6.07) is 3.42. The molecule has 6 nitrogen and oxygen atoms in total. The zero-order valence-corrected chi connectivity index (χ0v) is 13.0. The van der Waals surface area contributed by atoms with Crippen LogP contribution in [0.2, 0.25) is 0 Å². The molecule has 116 valence electrons. The van der Waals surface area contributed by atoms with Crippen LogP contribution in [0.1, 0.15) is 12.8 Å². The van der Waals surface area contributed by atoms with E-state index in [9.17, 15) is 8.42 Å². The van der Waals surface area contributed by atoms with Gasteiger partial charge in [0, 0.05) is 19.3 Å². The van der Waals surface area contributed by atoms with Crippen molar-refractivity contribution in [1.29, 1.82) is 0 Å². The number of aromatic nitrogens is 1. The maximum Gasteiger partial charge on any atom is 0.192 e. The first-order chi connectivity index (χ1) is 9.99. The van der Waals surface area contributed by atoms with E-state index in [4.69, 9.17) is 4.74 Å². The van der Waals surface area contributed by atoms with E-state index in [0.29, 0.717) is 6.61 Å². The van der Waals surface area contributed by atoms with Crippen LogP contribution in [0.15, 0.2) is 23.4 Å². The molecule has 1 aromatic rings. The molecule has 1 aromatic heterocycles. The Morgan fingerprint density at radius 3 is 2.71 bits per heavy atom. The van der Waals surface area contributed by atoms with Crippen LogP contribution in [0.25, 0.3) is 0 Å². The van der Waals surface area contributed by atoms with Gasteiger partial charge in [-0.2, -0.15) is 0 Å². The predicted octanol–water partition coefficient (Wildman–Crippen LogP) is 0.444. The maximum atomic E-state index is 11.5. The van der Waals surface area contributed by atoms with Crippen LogP contribution in [0, 0.1) is 0 Å². The fourth-order valence-electron chi connectivity index (χ4n) is 3.03. The average Bonchev–Trinajstić information content (AvgIpc) is 2.47. The molecule has 0 aliphatic carbocycles. The highest BCUT2D eigenvalue weighted by atomic mass is 32.2. The first-order valence-corrected chi connectivity index (χ1v) is 9.13. The standard InChI is InChI=1S/C14H21N3O3S/c1-21(18,19)13-3-2-12(10-16-13)17-8-9-20-14(11-17)4-6-15-7-5-14/h2-3,10,15H,4-9,11H2,1H3. The molecule has 0 radical (unpaired) electrons. The van der Waals surface area contributed by atoms with Crippen molar-refractivity contribution in [3.8, 4) is 0 Å². The summed E-state index contributed by atoms with van der Waals surface area (Å²) < 4.78 is 29.0. The number of pyridine rings is 1. The Kier molecular flexibility index (Phi) is 3.90. The smallest absolute Gasteiger partial charge is 0.192 e. The molecule has 1 N–H and O–H groups in total. The summed E-state index contributed by atoms with van der Waals surface area (Å²) >= 11 is 0. The zero-order chi connectivity index (χ0) is 14.9. The average molecular weight is 311 g/mol. The summed E-state index contributed by atoms with van der Waals surface area (Å²) in [6.07, 6.45) is 4.85. The highest BCUT2D eigenvalue weighted by molar-refractivity contribution is 7.90. The van der Waals surface area contributed by atoms with Gasteiger partial charge in [-0.25, -0.2) is 13.4 Å². The van der Waals surface area contributed by atoms with Crippen LogP contribution in [0.4, 0.5) is 5.69 Å². The largest absolute Gasteiger partial charge is 0.371 e.